The molecular weight excluding hydrogens is 306 g/mol. The monoisotopic (exact) mass is 333 g/mol. The molecule has 1 saturated heterocycles. The molecule has 0 atom stereocenters. The number of aliphatic hydroxyl groups is 1. The lowest BCUT2D eigenvalue weighted by atomic mass is 10.0. The fourth-order valence-corrected chi connectivity index (χ4v) is 3.48. The summed E-state index contributed by atoms with van der Waals surface area (Å²) in [6.07, 6.45) is 2.11. The van der Waals surface area contributed by atoms with Crippen molar-refractivity contribution < 1.29 is 9.90 Å². The van der Waals surface area contributed by atoms with Gasteiger partial charge in [0.05, 0.1) is 24.9 Å². The molecule has 3 rings (SSSR count). The van der Waals surface area contributed by atoms with Gasteiger partial charge in [-0.1, -0.05) is 0 Å². The van der Waals surface area contributed by atoms with Crippen LogP contribution in [0.2, 0.25) is 0 Å². The zero-order chi connectivity index (χ0) is 17.3. The van der Waals surface area contributed by atoms with Crippen LogP contribution in [0, 0.1) is 6.92 Å². The highest BCUT2D eigenvalue weighted by Crippen LogP contribution is 2.25. The maximum atomic E-state index is 12.6. The van der Waals surface area contributed by atoms with Crippen LogP contribution in [0.1, 0.15) is 29.9 Å². The second-order valence-corrected chi connectivity index (χ2v) is 6.99. The number of fused-ring (bicyclic) bond motifs is 1. The van der Waals surface area contributed by atoms with Gasteiger partial charge < -0.3 is 14.9 Å². The first kappa shape index (κ1) is 17.1. The number of aromatic nitrogens is 2. The van der Waals surface area contributed by atoms with Crippen LogP contribution in [0.3, 0.4) is 0 Å². The molecule has 7 heteroatoms. The second kappa shape index (κ2) is 7.03. The fraction of sp³-hybridized carbons (Fsp3) is 0.706. The van der Waals surface area contributed by atoms with Crippen molar-refractivity contribution in [1.29, 1.82) is 0 Å². The average Bonchev–Trinajstić information content (AvgIpc) is 2.55. The number of likely N-dealkylation sites (tertiary alicyclic amines) is 1. The predicted octanol–water partition coefficient (Wildman–Crippen LogP) is 0.192. The van der Waals surface area contributed by atoms with E-state index in [4.69, 9.17) is 0 Å². The number of anilines is 1. The number of nitrogens with zero attached hydrogens (tertiary/aromatic N) is 5. The molecule has 0 radical (unpaired) electrons. The summed E-state index contributed by atoms with van der Waals surface area (Å²) >= 11 is 0. The number of rotatable bonds is 3. The van der Waals surface area contributed by atoms with E-state index in [1.165, 1.54) is 0 Å². The zero-order valence-electron chi connectivity index (χ0n) is 14.8. The first-order valence-electron chi connectivity index (χ1n) is 8.66. The molecule has 1 aromatic rings. The summed E-state index contributed by atoms with van der Waals surface area (Å²) in [5.41, 5.74) is 2.13. The van der Waals surface area contributed by atoms with Gasteiger partial charge in [-0.2, -0.15) is 0 Å². The van der Waals surface area contributed by atoms with Crippen molar-refractivity contribution in [3.05, 3.63) is 17.1 Å². The average molecular weight is 333 g/mol. The number of hydrogen-bond acceptors (Lipinski definition) is 6. The van der Waals surface area contributed by atoms with E-state index in [2.05, 4.69) is 14.9 Å². The summed E-state index contributed by atoms with van der Waals surface area (Å²) in [6, 6.07) is 0. The Labute approximate surface area is 143 Å². The Bertz CT molecular complexity index is 611. The van der Waals surface area contributed by atoms with Gasteiger partial charge in [-0.15, -0.1) is 0 Å². The topological polar surface area (TPSA) is 72.8 Å². The van der Waals surface area contributed by atoms with Gasteiger partial charge in [0, 0.05) is 39.3 Å². The molecule has 2 aliphatic rings. The van der Waals surface area contributed by atoms with E-state index >= 15 is 0 Å². The molecule has 2 aliphatic heterocycles. The normalized spacial score (nSPS) is 19.2. The Morgan fingerprint density at radius 3 is 2.62 bits per heavy atom. The summed E-state index contributed by atoms with van der Waals surface area (Å²) in [4.78, 5) is 27.8. The van der Waals surface area contributed by atoms with Crippen LogP contribution in [-0.2, 0) is 17.8 Å². The van der Waals surface area contributed by atoms with Gasteiger partial charge in [-0.3, -0.25) is 9.69 Å². The summed E-state index contributed by atoms with van der Waals surface area (Å²) in [5, 5.41) is 9.58. The van der Waals surface area contributed by atoms with Crippen molar-refractivity contribution in [2.45, 2.75) is 38.8 Å². The maximum absolute atomic E-state index is 12.6. The third-order valence-corrected chi connectivity index (χ3v) is 4.85. The lowest BCUT2D eigenvalue weighted by Gasteiger charge is -2.34. The van der Waals surface area contributed by atoms with Crippen molar-refractivity contribution >= 4 is 11.7 Å². The van der Waals surface area contributed by atoms with E-state index in [1.807, 2.05) is 30.8 Å². The van der Waals surface area contributed by atoms with E-state index in [0.717, 1.165) is 61.8 Å². The Hall–Kier alpha value is -1.73. The lowest BCUT2D eigenvalue weighted by molar-refractivity contribution is -0.134. The van der Waals surface area contributed by atoms with Crippen LogP contribution in [0.15, 0.2) is 0 Å². The second-order valence-electron chi connectivity index (χ2n) is 6.99. The molecule has 0 unspecified atom stereocenters. The van der Waals surface area contributed by atoms with Crippen molar-refractivity contribution in [1.82, 2.24) is 19.8 Å². The van der Waals surface area contributed by atoms with Gasteiger partial charge in [0.1, 0.15) is 11.6 Å². The molecule has 24 heavy (non-hydrogen) atoms. The molecule has 0 aromatic carbocycles. The molecule has 0 spiro atoms. The quantitative estimate of drug-likeness (QED) is 0.851. The van der Waals surface area contributed by atoms with Crippen molar-refractivity contribution in [2.24, 2.45) is 0 Å². The Kier molecular flexibility index (Phi) is 5.01. The van der Waals surface area contributed by atoms with Gasteiger partial charge in [0.2, 0.25) is 5.91 Å². The highest BCUT2D eigenvalue weighted by molar-refractivity contribution is 5.78. The Morgan fingerprint density at radius 2 is 1.96 bits per heavy atom. The summed E-state index contributed by atoms with van der Waals surface area (Å²) in [7, 11) is 3.98. The van der Waals surface area contributed by atoms with Gasteiger partial charge >= 0.3 is 0 Å². The van der Waals surface area contributed by atoms with Crippen LogP contribution in [0.25, 0.3) is 0 Å². The maximum Gasteiger partial charge on any atom is 0.237 e. The predicted molar refractivity (Wildman–Crippen MR) is 91.9 cm³/mol. The Balaban J connectivity index is 1.67. The van der Waals surface area contributed by atoms with Crippen LogP contribution in [-0.4, -0.2) is 77.2 Å². The SMILES string of the molecule is Cc1nc2c(c(N(C)C)n1)CCN(C(=O)CN1CCC(O)CC1)C2. The van der Waals surface area contributed by atoms with E-state index in [1.54, 1.807) is 0 Å². The molecule has 132 valence electrons. The van der Waals surface area contributed by atoms with Crippen molar-refractivity contribution in [3.8, 4) is 0 Å². The van der Waals surface area contributed by atoms with Crippen LogP contribution in [0.4, 0.5) is 5.82 Å². The summed E-state index contributed by atoms with van der Waals surface area (Å²) in [5.74, 6) is 1.87. The smallest absolute Gasteiger partial charge is 0.237 e. The molecule has 3 heterocycles. The first-order valence-corrected chi connectivity index (χ1v) is 8.66. The van der Waals surface area contributed by atoms with Gasteiger partial charge in [-0.25, -0.2) is 9.97 Å². The summed E-state index contributed by atoms with van der Waals surface area (Å²) in [6.45, 7) is 5.21. The third-order valence-electron chi connectivity index (χ3n) is 4.85. The van der Waals surface area contributed by atoms with Crippen molar-refractivity contribution in [2.75, 3.05) is 45.2 Å². The van der Waals surface area contributed by atoms with Crippen LogP contribution < -0.4 is 4.90 Å². The fourth-order valence-electron chi connectivity index (χ4n) is 3.48. The molecule has 0 saturated carbocycles. The minimum atomic E-state index is -0.206. The molecule has 1 fully saturated rings. The van der Waals surface area contributed by atoms with Gasteiger partial charge in [0.15, 0.2) is 0 Å². The number of amides is 1. The molecular formula is C17H27N5O2. The number of hydrogen-bond donors (Lipinski definition) is 1. The number of aryl methyl sites for hydroxylation is 1. The van der Waals surface area contributed by atoms with Crippen LogP contribution >= 0.6 is 0 Å². The van der Waals surface area contributed by atoms with Gasteiger partial charge in [0.25, 0.3) is 0 Å². The lowest BCUT2D eigenvalue weighted by Crippen LogP contribution is -2.46. The Morgan fingerprint density at radius 1 is 1.25 bits per heavy atom. The molecule has 0 aliphatic carbocycles. The van der Waals surface area contributed by atoms with E-state index in [0.29, 0.717) is 13.1 Å². The molecule has 7 nitrogen and oxygen atoms in total. The summed E-state index contributed by atoms with van der Waals surface area (Å²) < 4.78 is 0. The highest BCUT2D eigenvalue weighted by Gasteiger charge is 2.27. The standard InChI is InChI=1S/C17H27N5O2/c1-12-18-15-10-22(9-6-14(15)17(19-12)20(2)3)16(24)11-21-7-4-13(23)5-8-21/h13,23H,4-11H2,1-3H3. The van der Waals surface area contributed by atoms with E-state index < -0.39 is 0 Å². The number of carbonyl (C=O) groups is 1. The molecule has 1 amide bonds. The molecule has 1 N–H and O–H groups in total. The highest BCUT2D eigenvalue weighted by atomic mass is 16.3. The minimum absolute atomic E-state index is 0.153. The first-order chi connectivity index (χ1) is 11.4. The third kappa shape index (κ3) is 3.67. The number of carbonyl (C=O) groups excluding carboxylic acids is 1. The van der Waals surface area contributed by atoms with Crippen LogP contribution in [0.5, 0.6) is 0 Å². The number of aliphatic hydroxyl groups excluding tert-OH is 1. The van der Waals surface area contributed by atoms with E-state index in [9.17, 15) is 9.90 Å². The largest absolute Gasteiger partial charge is 0.393 e. The molecule has 1 aromatic heterocycles. The minimum Gasteiger partial charge on any atom is -0.393 e. The number of piperidine rings is 1. The van der Waals surface area contributed by atoms with Gasteiger partial charge in [-0.05, 0) is 26.2 Å². The molecule has 0 bridgehead atoms. The zero-order valence-corrected chi connectivity index (χ0v) is 14.8. The van der Waals surface area contributed by atoms with Crippen molar-refractivity contribution in [3.63, 3.8) is 0 Å². The van der Waals surface area contributed by atoms with E-state index in [-0.39, 0.29) is 12.0 Å².